The summed E-state index contributed by atoms with van der Waals surface area (Å²) in [7, 11) is -0.551. The molecule has 29 heavy (non-hydrogen) atoms. The molecule has 1 heterocycles. The number of hydrogen-bond acceptors (Lipinski definition) is 5. The van der Waals surface area contributed by atoms with Gasteiger partial charge in [-0.1, -0.05) is 17.7 Å². The number of halogens is 1. The minimum atomic E-state index is -3.63. The third kappa shape index (κ3) is 4.66. The van der Waals surface area contributed by atoms with Crippen LogP contribution >= 0.6 is 11.6 Å². The summed E-state index contributed by atoms with van der Waals surface area (Å²) in [6.07, 6.45) is 1.68. The van der Waals surface area contributed by atoms with E-state index >= 15 is 0 Å². The molecule has 9 heteroatoms. The van der Waals surface area contributed by atoms with Crippen molar-refractivity contribution in [3.05, 3.63) is 52.5 Å². The molecule has 1 amide bonds. The fraction of sp³-hybridized carbons (Fsp3) is 0.350. The zero-order chi connectivity index (χ0) is 21.0. The van der Waals surface area contributed by atoms with Gasteiger partial charge in [0, 0.05) is 19.6 Å². The topological polar surface area (TPSA) is 84.9 Å². The van der Waals surface area contributed by atoms with Crippen molar-refractivity contribution in [2.45, 2.75) is 24.3 Å². The quantitative estimate of drug-likeness (QED) is 0.718. The van der Waals surface area contributed by atoms with Crippen LogP contribution in [0.1, 0.15) is 28.8 Å². The van der Waals surface area contributed by atoms with Gasteiger partial charge in [0.05, 0.1) is 29.7 Å². The van der Waals surface area contributed by atoms with Gasteiger partial charge < -0.3 is 14.8 Å². The number of carbonyl (C=O) groups is 1. The van der Waals surface area contributed by atoms with E-state index in [1.807, 2.05) is 0 Å². The smallest absolute Gasteiger partial charge is 0.253 e. The summed E-state index contributed by atoms with van der Waals surface area (Å²) < 4.78 is 37.4. The van der Waals surface area contributed by atoms with Crippen LogP contribution in [-0.2, 0) is 16.6 Å². The van der Waals surface area contributed by atoms with Crippen molar-refractivity contribution in [1.82, 2.24) is 9.62 Å². The van der Waals surface area contributed by atoms with Crippen LogP contribution in [0.4, 0.5) is 0 Å². The Labute approximate surface area is 175 Å². The molecule has 1 aliphatic rings. The fourth-order valence-electron chi connectivity index (χ4n) is 3.18. The van der Waals surface area contributed by atoms with E-state index in [-0.39, 0.29) is 22.0 Å². The Morgan fingerprint density at radius 1 is 1.07 bits per heavy atom. The van der Waals surface area contributed by atoms with Crippen LogP contribution in [0.15, 0.2) is 41.3 Å². The van der Waals surface area contributed by atoms with E-state index < -0.39 is 15.9 Å². The second kappa shape index (κ2) is 9.02. The molecule has 0 atom stereocenters. The minimum Gasteiger partial charge on any atom is -0.493 e. The molecule has 2 aromatic carbocycles. The number of nitrogens with zero attached hydrogens (tertiary/aromatic N) is 1. The molecular formula is C20H23ClN2O5S. The van der Waals surface area contributed by atoms with Crippen molar-refractivity contribution in [3.63, 3.8) is 0 Å². The van der Waals surface area contributed by atoms with Crippen molar-refractivity contribution in [1.29, 1.82) is 0 Å². The van der Waals surface area contributed by atoms with Crippen molar-refractivity contribution in [2.75, 3.05) is 27.3 Å². The summed E-state index contributed by atoms with van der Waals surface area (Å²) in [5.41, 5.74) is 0.917. The number of amides is 1. The number of methoxy groups -OCH3 is 2. The molecule has 0 aromatic heterocycles. The molecular weight excluding hydrogens is 416 g/mol. The maximum Gasteiger partial charge on any atom is 0.253 e. The first-order chi connectivity index (χ1) is 13.9. The predicted molar refractivity (Wildman–Crippen MR) is 110 cm³/mol. The van der Waals surface area contributed by atoms with Crippen LogP contribution in [0, 0.1) is 0 Å². The van der Waals surface area contributed by atoms with Crippen molar-refractivity contribution < 1.29 is 22.7 Å². The Hall–Kier alpha value is -2.29. The molecule has 1 N–H and O–H groups in total. The van der Waals surface area contributed by atoms with Crippen molar-refractivity contribution in [2.24, 2.45) is 0 Å². The molecule has 0 bridgehead atoms. The number of sulfonamides is 1. The molecule has 1 fully saturated rings. The van der Waals surface area contributed by atoms with E-state index in [1.165, 1.54) is 29.6 Å². The third-order valence-corrected chi connectivity index (χ3v) is 7.01. The van der Waals surface area contributed by atoms with Crippen LogP contribution in [0.25, 0.3) is 0 Å². The standard InChI is InChI=1S/C20H23ClN2O5S/c1-27-18-8-5-14(11-19(18)28-2)13-22-20(24)16-12-15(6-7-17(16)21)29(25,26)23-9-3-4-10-23/h5-8,11-12H,3-4,9-10,13H2,1-2H3,(H,22,24). The molecule has 0 spiro atoms. The third-order valence-electron chi connectivity index (χ3n) is 4.79. The van der Waals surface area contributed by atoms with Gasteiger partial charge in [0.1, 0.15) is 0 Å². The fourth-order valence-corrected chi connectivity index (χ4v) is 4.93. The second-order valence-electron chi connectivity index (χ2n) is 6.62. The first kappa shape index (κ1) is 21.4. The molecule has 3 rings (SSSR count). The summed E-state index contributed by atoms with van der Waals surface area (Å²) in [6.45, 7) is 1.20. The van der Waals surface area contributed by atoms with Gasteiger partial charge in [-0.15, -0.1) is 0 Å². The average Bonchev–Trinajstić information content (AvgIpc) is 3.27. The Balaban J connectivity index is 1.77. The molecule has 0 saturated carbocycles. The molecule has 2 aromatic rings. The van der Waals surface area contributed by atoms with Gasteiger partial charge in [0.15, 0.2) is 11.5 Å². The lowest BCUT2D eigenvalue weighted by Gasteiger charge is -2.16. The number of carbonyl (C=O) groups excluding carboxylic acids is 1. The molecule has 156 valence electrons. The van der Waals surface area contributed by atoms with Gasteiger partial charge in [0.2, 0.25) is 10.0 Å². The normalized spacial score (nSPS) is 14.6. The first-order valence-corrected chi connectivity index (χ1v) is 11.0. The number of rotatable bonds is 7. The number of hydrogen-bond donors (Lipinski definition) is 1. The average molecular weight is 439 g/mol. The molecule has 1 aliphatic heterocycles. The highest BCUT2D eigenvalue weighted by atomic mass is 35.5. The SMILES string of the molecule is COc1ccc(CNC(=O)c2cc(S(=O)(=O)N3CCCC3)ccc2Cl)cc1OC. The molecule has 0 unspecified atom stereocenters. The first-order valence-electron chi connectivity index (χ1n) is 9.15. The van der Waals surface area contributed by atoms with E-state index in [0.29, 0.717) is 24.6 Å². The number of benzene rings is 2. The van der Waals surface area contributed by atoms with Crippen LogP contribution in [0.2, 0.25) is 5.02 Å². The molecule has 1 saturated heterocycles. The highest BCUT2D eigenvalue weighted by molar-refractivity contribution is 7.89. The maximum absolute atomic E-state index is 12.8. The summed E-state index contributed by atoms with van der Waals surface area (Å²) in [6, 6.07) is 9.51. The van der Waals surface area contributed by atoms with E-state index in [4.69, 9.17) is 21.1 Å². The lowest BCUT2D eigenvalue weighted by molar-refractivity contribution is 0.0951. The number of nitrogens with one attached hydrogen (secondary N) is 1. The van der Waals surface area contributed by atoms with Gasteiger partial charge in [-0.25, -0.2) is 8.42 Å². The van der Waals surface area contributed by atoms with Gasteiger partial charge in [-0.05, 0) is 48.7 Å². The Morgan fingerprint density at radius 2 is 1.76 bits per heavy atom. The van der Waals surface area contributed by atoms with Crippen molar-refractivity contribution in [3.8, 4) is 11.5 Å². The minimum absolute atomic E-state index is 0.0695. The van der Waals surface area contributed by atoms with E-state index in [0.717, 1.165) is 18.4 Å². The Kier molecular flexibility index (Phi) is 6.66. The highest BCUT2D eigenvalue weighted by Gasteiger charge is 2.28. The van der Waals surface area contributed by atoms with Crippen LogP contribution in [0.3, 0.4) is 0 Å². The van der Waals surface area contributed by atoms with Crippen LogP contribution < -0.4 is 14.8 Å². The highest BCUT2D eigenvalue weighted by Crippen LogP contribution is 2.28. The largest absolute Gasteiger partial charge is 0.493 e. The molecule has 0 aliphatic carbocycles. The monoisotopic (exact) mass is 438 g/mol. The Bertz CT molecular complexity index is 1000. The van der Waals surface area contributed by atoms with E-state index in [1.54, 1.807) is 25.3 Å². The van der Waals surface area contributed by atoms with E-state index in [2.05, 4.69) is 5.32 Å². The van der Waals surface area contributed by atoms with Gasteiger partial charge in [0.25, 0.3) is 5.91 Å². The Morgan fingerprint density at radius 3 is 2.41 bits per heavy atom. The predicted octanol–water partition coefficient (Wildman–Crippen LogP) is 3.07. The lowest BCUT2D eigenvalue weighted by atomic mass is 10.1. The summed E-state index contributed by atoms with van der Waals surface area (Å²) in [5, 5.41) is 2.95. The maximum atomic E-state index is 12.8. The van der Waals surface area contributed by atoms with Crippen LogP contribution in [0.5, 0.6) is 11.5 Å². The zero-order valence-electron chi connectivity index (χ0n) is 16.3. The summed E-state index contributed by atoms with van der Waals surface area (Å²) in [5.74, 6) is 0.685. The van der Waals surface area contributed by atoms with Gasteiger partial charge in [-0.2, -0.15) is 4.31 Å². The summed E-state index contributed by atoms with van der Waals surface area (Å²) in [4.78, 5) is 12.7. The molecule has 0 radical (unpaired) electrons. The van der Waals surface area contributed by atoms with Crippen LogP contribution in [-0.4, -0.2) is 45.9 Å². The van der Waals surface area contributed by atoms with Crippen molar-refractivity contribution >= 4 is 27.5 Å². The van der Waals surface area contributed by atoms with E-state index in [9.17, 15) is 13.2 Å². The molecule has 7 nitrogen and oxygen atoms in total. The number of ether oxygens (including phenoxy) is 2. The summed E-state index contributed by atoms with van der Waals surface area (Å²) >= 11 is 6.16. The van der Waals surface area contributed by atoms with Gasteiger partial charge >= 0.3 is 0 Å². The van der Waals surface area contributed by atoms with Gasteiger partial charge in [-0.3, -0.25) is 4.79 Å². The lowest BCUT2D eigenvalue weighted by Crippen LogP contribution is -2.28. The second-order valence-corrected chi connectivity index (χ2v) is 8.97. The zero-order valence-corrected chi connectivity index (χ0v) is 17.8.